The van der Waals surface area contributed by atoms with Crippen LogP contribution < -0.4 is 0 Å². The summed E-state index contributed by atoms with van der Waals surface area (Å²) in [4.78, 5) is 24.4. The van der Waals surface area contributed by atoms with Crippen molar-refractivity contribution in [2.45, 2.75) is 26.3 Å². The number of hydrogen-bond donors (Lipinski definition) is 1. The molecule has 1 aliphatic rings. The highest BCUT2D eigenvalue weighted by molar-refractivity contribution is 7.90. The second-order valence-corrected chi connectivity index (χ2v) is 7.26. The number of piperidine rings is 1. The second-order valence-electron chi connectivity index (χ2n) is 5.00. The van der Waals surface area contributed by atoms with E-state index >= 15 is 0 Å². The van der Waals surface area contributed by atoms with Gasteiger partial charge in [0.1, 0.15) is 9.84 Å². The first-order valence-electron chi connectivity index (χ1n) is 5.83. The number of carbonyl (C=O) groups is 2. The van der Waals surface area contributed by atoms with Gasteiger partial charge in [-0.1, -0.05) is 6.92 Å². The Hall–Kier alpha value is -1.11. The Morgan fingerprint density at radius 3 is 2.44 bits per heavy atom. The molecule has 0 spiro atoms. The number of aliphatic carboxylic acids is 1. The van der Waals surface area contributed by atoms with Gasteiger partial charge in [0.15, 0.2) is 0 Å². The summed E-state index contributed by atoms with van der Waals surface area (Å²) in [5.41, 5.74) is 0. The zero-order chi connectivity index (χ0) is 14.1. The summed E-state index contributed by atoms with van der Waals surface area (Å²) in [6, 6.07) is -0.472. The maximum absolute atomic E-state index is 11.8. The smallest absolute Gasteiger partial charge is 0.308 e. The molecular weight excluding hydrogens is 258 g/mol. The van der Waals surface area contributed by atoms with Gasteiger partial charge in [-0.2, -0.15) is 0 Å². The first-order valence-corrected chi connectivity index (χ1v) is 7.89. The van der Waals surface area contributed by atoms with Crippen molar-refractivity contribution in [2.75, 3.05) is 18.6 Å². The Morgan fingerprint density at radius 2 is 2.00 bits per heavy atom. The fraction of sp³-hybridized carbons (Fsp3) is 0.818. The number of carbonyl (C=O) groups excluding carboxylic acids is 1. The van der Waals surface area contributed by atoms with Crippen LogP contribution in [0.2, 0.25) is 0 Å². The maximum Gasteiger partial charge on any atom is 0.308 e. The molecular formula is C11H19NO5S. The topological polar surface area (TPSA) is 91.8 Å². The van der Waals surface area contributed by atoms with E-state index in [-0.39, 0.29) is 30.5 Å². The summed E-state index contributed by atoms with van der Waals surface area (Å²) >= 11 is 0. The summed E-state index contributed by atoms with van der Waals surface area (Å²) in [6.45, 7) is 3.46. The minimum atomic E-state index is -3.16. The van der Waals surface area contributed by atoms with Crippen molar-refractivity contribution in [1.82, 2.24) is 4.90 Å². The van der Waals surface area contributed by atoms with Crippen molar-refractivity contribution in [3.63, 3.8) is 0 Å². The minimum Gasteiger partial charge on any atom is -0.481 e. The summed E-state index contributed by atoms with van der Waals surface area (Å²) < 4.78 is 22.2. The predicted octanol–water partition coefficient (Wildman–Crippen LogP) is -0.0113. The van der Waals surface area contributed by atoms with Crippen molar-refractivity contribution in [3.8, 4) is 0 Å². The van der Waals surface area contributed by atoms with Gasteiger partial charge in [0.2, 0.25) is 5.91 Å². The lowest BCUT2D eigenvalue weighted by molar-refractivity contribution is -0.154. The van der Waals surface area contributed by atoms with E-state index in [9.17, 15) is 18.0 Å². The zero-order valence-electron chi connectivity index (χ0n) is 10.8. The molecule has 0 aromatic heterocycles. The van der Waals surface area contributed by atoms with Gasteiger partial charge in [0, 0.05) is 25.3 Å². The van der Waals surface area contributed by atoms with Crippen molar-refractivity contribution < 1.29 is 23.1 Å². The number of nitrogens with zero attached hydrogens (tertiary/aromatic N) is 1. The van der Waals surface area contributed by atoms with Crippen LogP contribution in [0, 0.1) is 11.8 Å². The highest BCUT2D eigenvalue weighted by Gasteiger charge is 2.41. The Bertz CT molecular complexity index is 444. The van der Waals surface area contributed by atoms with Crippen LogP contribution in [0.3, 0.4) is 0 Å². The minimum absolute atomic E-state index is 0.0648. The Balaban J connectivity index is 2.83. The highest BCUT2D eigenvalue weighted by atomic mass is 32.2. The molecule has 18 heavy (non-hydrogen) atoms. The van der Waals surface area contributed by atoms with E-state index in [1.165, 1.54) is 4.90 Å². The molecule has 0 aromatic carbocycles. The number of carboxylic acids is 1. The number of rotatable bonds is 4. The van der Waals surface area contributed by atoms with E-state index in [0.29, 0.717) is 0 Å². The number of carboxylic acid groups (broad SMARTS) is 1. The third-order valence-corrected chi connectivity index (χ3v) is 4.35. The van der Waals surface area contributed by atoms with Crippen LogP contribution in [0.25, 0.3) is 0 Å². The van der Waals surface area contributed by atoms with Gasteiger partial charge in [0.25, 0.3) is 0 Å². The van der Waals surface area contributed by atoms with E-state index in [4.69, 9.17) is 5.11 Å². The van der Waals surface area contributed by atoms with Crippen molar-refractivity contribution in [1.29, 1.82) is 0 Å². The Morgan fingerprint density at radius 1 is 1.44 bits per heavy atom. The molecule has 6 nitrogen and oxygen atoms in total. The van der Waals surface area contributed by atoms with Crippen molar-refractivity contribution in [3.05, 3.63) is 0 Å². The first kappa shape index (κ1) is 14.9. The molecule has 1 N–H and O–H groups in total. The van der Waals surface area contributed by atoms with E-state index < -0.39 is 27.8 Å². The van der Waals surface area contributed by atoms with Crippen LogP contribution in [-0.4, -0.2) is 54.9 Å². The molecule has 1 rings (SSSR count). The molecule has 7 heteroatoms. The van der Waals surface area contributed by atoms with Gasteiger partial charge in [0.05, 0.1) is 11.7 Å². The molecule has 1 amide bonds. The fourth-order valence-corrected chi connectivity index (χ4v) is 2.99. The largest absolute Gasteiger partial charge is 0.481 e. The normalized spacial score (nSPS) is 29.4. The van der Waals surface area contributed by atoms with Crippen molar-refractivity contribution in [2.24, 2.45) is 11.8 Å². The molecule has 3 unspecified atom stereocenters. The summed E-state index contributed by atoms with van der Waals surface area (Å²) in [5, 5.41) is 9.15. The highest BCUT2D eigenvalue weighted by Crippen LogP contribution is 2.29. The maximum atomic E-state index is 11.8. The number of sulfone groups is 1. The second kappa shape index (κ2) is 5.26. The zero-order valence-corrected chi connectivity index (χ0v) is 11.6. The number of amides is 1. The van der Waals surface area contributed by atoms with Gasteiger partial charge in [-0.25, -0.2) is 8.42 Å². The molecule has 0 saturated carbocycles. The monoisotopic (exact) mass is 277 g/mol. The quantitative estimate of drug-likeness (QED) is 0.780. The van der Waals surface area contributed by atoms with E-state index in [1.807, 2.05) is 0 Å². The fourth-order valence-electron chi connectivity index (χ4n) is 2.46. The lowest BCUT2D eigenvalue weighted by atomic mass is 9.81. The van der Waals surface area contributed by atoms with Crippen LogP contribution in [0.1, 0.15) is 20.3 Å². The molecule has 3 atom stereocenters. The molecule has 1 fully saturated rings. The average Bonchev–Trinajstić information content (AvgIpc) is 2.13. The van der Waals surface area contributed by atoms with Crippen LogP contribution in [0.4, 0.5) is 0 Å². The van der Waals surface area contributed by atoms with Gasteiger partial charge in [-0.3, -0.25) is 9.59 Å². The van der Waals surface area contributed by atoms with E-state index in [1.54, 1.807) is 13.8 Å². The van der Waals surface area contributed by atoms with Crippen LogP contribution >= 0.6 is 0 Å². The summed E-state index contributed by atoms with van der Waals surface area (Å²) in [7, 11) is -3.16. The van der Waals surface area contributed by atoms with Crippen LogP contribution in [0.5, 0.6) is 0 Å². The molecule has 1 saturated heterocycles. The van der Waals surface area contributed by atoms with Crippen LogP contribution in [0.15, 0.2) is 0 Å². The average molecular weight is 277 g/mol. The first-order chi connectivity index (χ1) is 8.13. The summed E-state index contributed by atoms with van der Waals surface area (Å²) in [6.07, 6.45) is 1.26. The molecule has 0 aromatic rings. The van der Waals surface area contributed by atoms with E-state index in [2.05, 4.69) is 0 Å². The molecule has 1 aliphatic heterocycles. The van der Waals surface area contributed by atoms with Crippen molar-refractivity contribution >= 4 is 21.7 Å². The summed E-state index contributed by atoms with van der Waals surface area (Å²) in [5.74, 6) is -2.10. The molecule has 1 heterocycles. The van der Waals surface area contributed by atoms with Gasteiger partial charge in [-0.15, -0.1) is 0 Å². The Labute approximate surface area is 107 Å². The van der Waals surface area contributed by atoms with Gasteiger partial charge in [-0.05, 0) is 12.8 Å². The predicted molar refractivity (Wildman–Crippen MR) is 65.8 cm³/mol. The third-order valence-electron chi connectivity index (χ3n) is 3.43. The standard InChI is InChI=1S/C11H19NO5S/c1-7-6-9(13)12(4-5-18(3,16)17)8(2)10(7)11(14)15/h7-8,10H,4-6H2,1-3H3,(H,14,15). The lowest BCUT2D eigenvalue weighted by Gasteiger charge is -2.40. The number of likely N-dealkylation sites (tertiary alicyclic amines) is 1. The lowest BCUT2D eigenvalue weighted by Crippen LogP contribution is -2.53. The molecule has 0 radical (unpaired) electrons. The van der Waals surface area contributed by atoms with Gasteiger partial charge >= 0.3 is 5.97 Å². The van der Waals surface area contributed by atoms with E-state index in [0.717, 1.165) is 6.26 Å². The number of hydrogen-bond acceptors (Lipinski definition) is 4. The van der Waals surface area contributed by atoms with Crippen LogP contribution in [-0.2, 0) is 19.4 Å². The molecule has 0 aliphatic carbocycles. The molecule has 104 valence electrons. The SMILES string of the molecule is CC1CC(=O)N(CCS(C)(=O)=O)C(C)C1C(=O)O. The molecule has 0 bridgehead atoms. The van der Waals surface area contributed by atoms with Gasteiger partial charge < -0.3 is 10.0 Å². The Kier molecular flexibility index (Phi) is 4.37. The third kappa shape index (κ3) is 3.44.